The first-order chi connectivity index (χ1) is 6.65. The van der Waals surface area contributed by atoms with Crippen molar-refractivity contribution in [2.24, 2.45) is 5.73 Å². The largest absolute Gasteiger partial charge is 0.369 e. The number of nitrogens with zero attached hydrogens (tertiary/aromatic N) is 2. The van der Waals surface area contributed by atoms with E-state index in [4.69, 9.17) is 5.73 Å². The lowest BCUT2D eigenvalue weighted by atomic mass is 10.5. The van der Waals surface area contributed by atoms with Crippen LogP contribution in [0.5, 0.6) is 0 Å². The first kappa shape index (κ1) is 11.1. The zero-order chi connectivity index (χ0) is 10.6. The van der Waals surface area contributed by atoms with Crippen molar-refractivity contribution >= 4 is 17.7 Å². The van der Waals surface area contributed by atoms with Crippen molar-refractivity contribution in [1.29, 1.82) is 0 Å². The smallest absolute Gasteiger partial charge is 0.230 e. The van der Waals surface area contributed by atoms with Crippen molar-refractivity contribution in [3.63, 3.8) is 0 Å². The highest BCUT2D eigenvalue weighted by molar-refractivity contribution is 8.00. The van der Waals surface area contributed by atoms with Crippen LogP contribution in [-0.4, -0.2) is 20.7 Å². The van der Waals surface area contributed by atoms with Gasteiger partial charge in [-0.1, -0.05) is 18.7 Å². The molecule has 1 aromatic rings. The summed E-state index contributed by atoms with van der Waals surface area (Å²) < 4.78 is 2.03. The molecule has 2 N–H and O–H groups in total. The maximum absolute atomic E-state index is 10.9. The predicted octanol–water partition coefficient (Wildman–Crippen LogP) is 1.26. The molecule has 0 bridgehead atoms. The molecule has 0 saturated carbocycles. The second-order valence-electron chi connectivity index (χ2n) is 3.07. The average Bonchev–Trinajstić information content (AvgIpc) is 2.53. The van der Waals surface area contributed by atoms with Crippen LogP contribution < -0.4 is 5.73 Å². The summed E-state index contributed by atoms with van der Waals surface area (Å²) >= 11 is 1.40. The van der Waals surface area contributed by atoms with Crippen molar-refractivity contribution in [2.45, 2.75) is 37.2 Å². The van der Waals surface area contributed by atoms with Gasteiger partial charge in [-0.25, -0.2) is 4.98 Å². The zero-order valence-electron chi connectivity index (χ0n) is 8.43. The van der Waals surface area contributed by atoms with Gasteiger partial charge in [0.05, 0.1) is 5.25 Å². The minimum atomic E-state index is -0.305. The molecule has 0 fully saturated rings. The zero-order valence-corrected chi connectivity index (χ0v) is 9.25. The van der Waals surface area contributed by atoms with E-state index in [-0.39, 0.29) is 11.2 Å². The molecule has 0 unspecified atom stereocenters. The number of hydrogen-bond donors (Lipinski definition) is 1. The van der Waals surface area contributed by atoms with Crippen molar-refractivity contribution in [2.75, 3.05) is 0 Å². The van der Waals surface area contributed by atoms with Crippen molar-refractivity contribution < 1.29 is 4.79 Å². The fraction of sp³-hybridized carbons (Fsp3) is 0.556. The third-order valence-corrected chi connectivity index (χ3v) is 2.96. The van der Waals surface area contributed by atoms with Gasteiger partial charge in [-0.15, -0.1) is 0 Å². The molecular formula is C9H15N3OS. The normalized spacial score (nSPS) is 12.7. The summed E-state index contributed by atoms with van der Waals surface area (Å²) in [5.74, 6) is -0.305. The van der Waals surface area contributed by atoms with E-state index in [9.17, 15) is 4.79 Å². The number of rotatable bonds is 5. The molecule has 1 atom stereocenters. The maximum atomic E-state index is 10.9. The Morgan fingerprint density at radius 2 is 2.50 bits per heavy atom. The van der Waals surface area contributed by atoms with Gasteiger partial charge in [-0.05, 0) is 13.3 Å². The number of nitrogens with two attached hydrogens (primary N) is 1. The Bertz CT molecular complexity index is 311. The number of imidazole rings is 1. The van der Waals surface area contributed by atoms with E-state index in [0.29, 0.717) is 0 Å². The number of aryl methyl sites for hydroxylation is 1. The van der Waals surface area contributed by atoms with Gasteiger partial charge in [0.25, 0.3) is 0 Å². The summed E-state index contributed by atoms with van der Waals surface area (Å²) in [6, 6.07) is 0. The number of thioether (sulfide) groups is 1. The Morgan fingerprint density at radius 3 is 3.07 bits per heavy atom. The van der Waals surface area contributed by atoms with Crippen LogP contribution in [0, 0.1) is 0 Å². The molecule has 78 valence electrons. The van der Waals surface area contributed by atoms with Crippen LogP contribution in [-0.2, 0) is 11.3 Å². The summed E-state index contributed by atoms with van der Waals surface area (Å²) in [4.78, 5) is 15.0. The number of hydrogen-bond acceptors (Lipinski definition) is 3. The minimum absolute atomic E-state index is 0.229. The van der Waals surface area contributed by atoms with Gasteiger partial charge < -0.3 is 10.3 Å². The fourth-order valence-corrected chi connectivity index (χ4v) is 1.88. The lowest BCUT2D eigenvalue weighted by Gasteiger charge is -2.08. The highest BCUT2D eigenvalue weighted by atomic mass is 32.2. The van der Waals surface area contributed by atoms with Crippen LogP contribution in [0.1, 0.15) is 20.3 Å². The molecule has 0 aliphatic carbocycles. The molecule has 1 aromatic heterocycles. The number of carbonyl (C=O) groups excluding carboxylic acids is 1. The topological polar surface area (TPSA) is 60.9 Å². The van der Waals surface area contributed by atoms with Crippen molar-refractivity contribution in [1.82, 2.24) is 9.55 Å². The molecule has 14 heavy (non-hydrogen) atoms. The van der Waals surface area contributed by atoms with Crippen LogP contribution >= 0.6 is 11.8 Å². The van der Waals surface area contributed by atoms with Crippen LogP contribution in [0.25, 0.3) is 0 Å². The first-order valence-corrected chi connectivity index (χ1v) is 5.50. The van der Waals surface area contributed by atoms with Gasteiger partial charge in [-0.2, -0.15) is 0 Å². The summed E-state index contributed by atoms with van der Waals surface area (Å²) in [7, 11) is 0. The van der Waals surface area contributed by atoms with Gasteiger partial charge in [0.15, 0.2) is 5.16 Å². The van der Waals surface area contributed by atoms with E-state index < -0.39 is 0 Å². The molecule has 4 nitrogen and oxygen atoms in total. The Labute approximate surface area is 87.9 Å². The summed E-state index contributed by atoms with van der Waals surface area (Å²) in [5.41, 5.74) is 5.18. The monoisotopic (exact) mass is 213 g/mol. The highest BCUT2D eigenvalue weighted by Crippen LogP contribution is 2.21. The quantitative estimate of drug-likeness (QED) is 0.749. The standard InChI is InChI=1S/C9H15N3OS/c1-3-5-12-6-4-11-9(12)14-7(2)8(10)13/h4,6-7H,3,5H2,1-2H3,(H2,10,13)/t7-/m0/s1. The molecule has 1 heterocycles. The van der Waals surface area contributed by atoms with Gasteiger partial charge in [0, 0.05) is 18.9 Å². The number of amides is 1. The van der Waals surface area contributed by atoms with E-state index >= 15 is 0 Å². The van der Waals surface area contributed by atoms with E-state index in [2.05, 4.69) is 11.9 Å². The molecule has 5 heteroatoms. The molecule has 0 saturated heterocycles. The molecular weight excluding hydrogens is 198 g/mol. The third-order valence-electron chi connectivity index (χ3n) is 1.82. The Hall–Kier alpha value is -0.970. The van der Waals surface area contributed by atoms with E-state index in [1.54, 1.807) is 13.1 Å². The summed E-state index contributed by atoms with van der Waals surface area (Å²) in [5, 5.41) is 0.631. The highest BCUT2D eigenvalue weighted by Gasteiger charge is 2.13. The fourth-order valence-electron chi connectivity index (χ4n) is 1.04. The van der Waals surface area contributed by atoms with Gasteiger partial charge in [0.2, 0.25) is 5.91 Å². The molecule has 0 spiro atoms. The minimum Gasteiger partial charge on any atom is -0.369 e. The van der Waals surface area contributed by atoms with Crippen LogP contribution in [0.4, 0.5) is 0 Å². The van der Waals surface area contributed by atoms with Gasteiger partial charge in [0.1, 0.15) is 0 Å². The van der Waals surface area contributed by atoms with Crippen molar-refractivity contribution in [3.8, 4) is 0 Å². The van der Waals surface area contributed by atoms with E-state index in [1.807, 2.05) is 10.8 Å². The number of primary amides is 1. The number of carbonyl (C=O) groups is 1. The number of aromatic nitrogens is 2. The van der Waals surface area contributed by atoms with E-state index in [0.717, 1.165) is 18.1 Å². The molecule has 0 aromatic carbocycles. The van der Waals surface area contributed by atoms with Crippen LogP contribution in [0.15, 0.2) is 17.6 Å². The second kappa shape index (κ2) is 5.05. The summed E-state index contributed by atoms with van der Waals surface area (Å²) in [6.45, 7) is 4.82. The van der Waals surface area contributed by atoms with Crippen LogP contribution in [0.3, 0.4) is 0 Å². The average molecular weight is 213 g/mol. The van der Waals surface area contributed by atoms with E-state index in [1.165, 1.54) is 11.8 Å². The maximum Gasteiger partial charge on any atom is 0.230 e. The second-order valence-corrected chi connectivity index (χ2v) is 4.37. The molecule has 1 amide bonds. The Morgan fingerprint density at radius 1 is 1.79 bits per heavy atom. The van der Waals surface area contributed by atoms with Gasteiger partial charge >= 0.3 is 0 Å². The molecule has 1 rings (SSSR count). The lowest BCUT2D eigenvalue weighted by Crippen LogP contribution is -2.23. The molecule has 0 aliphatic rings. The van der Waals surface area contributed by atoms with Crippen LogP contribution in [0.2, 0.25) is 0 Å². The first-order valence-electron chi connectivity index (χ1n) is 4.62. The lowest BCUT2D eigenvalue weighted by molar-refractivity contribution is -0.117. The molecule has 0 radical (unpaired) electrons. The Balaban J connectivity index is 2.66. The predicted molar refractivity (Wildman–Crippen MR) is 57.0 cm³/mol. The van der Waals surface area contributed by atoms with Gasteiger partial charge in [-0.3, -0.25) is 4.79 Å². The summed E-state index contributed by atoms with van der Waals surface area (Å²) in [6.07, 6.45) is 4.71. The Kier molecular flexibility index (Phi) is 4.00. The third kappa shape index (κ3) is 2.77. The molecule has 0 aliphatic heterocycles. The SMILES string of the molecule is CCCn1ccnc1S[C@@H](C)C(N)=O. The van der Waals surface area contributed by atoms with Crippen molar-refractivity contribution in [3.05, 3.63) is 12.4 Å².